The summed E-state index contributed by atoms with van der Waals surface area (Å²) in [5.41, 5.74) is 0. The molecule has 0 bridgehead atoms. The predicted octanol–water partition coefficient (Wildman–Crippen LogP) is 0.732. The van der Waals surface area contributed by atoms with E-state index in [0.717, 1.165) is 44.2 Å². The van der Waals surface area contributed by atoms with E-state index in [1.165, 1.54) is 0 Å². The van der Waals surface area contributed by atoms with Crippen molar-refractivity contribution in [2.75, 3.05) is 39.3 Å². The van der Waals surface area contributed by atoms with Crippen LogP contribution in [0.5, 0.6) is 11.5 Å². The average molecular weight is 234 g/mol. The van der Waals surface area contributed by atoms with Crippen LogP contribution >= 0.6 is 0 Å². The Morgan fingerprint density at radius 1 is 1.18 bits per heavy atom. The van der Waals surface area contributed by atoms with E-state index in [9.17, 15) is 0 Å². The molecule has 2 aliphatic heterocycles. The number of para-hydroxylation sites is 2. The first-order chi connectivity index (χ1) is 8.42. The highest BCUT2D eigenvalue weighted by molar-refractivity contribution is 5.40. The lowest BCUT2D eigenvalue weighted by Crippen LogP contribution is -2.49. The van der Waals surface area contributed by atoms with Gasteiger partial charge in [-0.1, -0.05) is 12.1 Å². The van der Waals surface area contributed by atoms with Gasteiger partial charge in [0.1, 0.15) is 12.7 Å². The van der Waals surface area contributed by atoms with Crippen LogP contribution < -0.4 is 14.8 Å². The number of hydrogen-bond acceptors (Lipinski definition) is 4. The molecule has 0 unspecified atom stereocenters. The minimum absolute atomic E-state index is 0.156. The van der Waals surface area contributed by atoms with Gasteiger partial charge in [0.05, 0.1) is 0 Å². The summed E-state index contributed by atoms with van der Waals surface area (Å²) >= 11 is 0. The summed E-state index contributed by atoms with van der Waals surface area (Å²) in [6, 6.07) is 7.88. The second-order valence-electron chi connectivity index (χ2n) is 4.55. The molecule has 1 atom stereocenters. The van der Waals surface area contributed by atoms with Crippen molar-refractivity contribution in [3.8, 4) is 11.5 Å². The van der Waals surface area contributed by atoms with Gasteiger partial charge in [-0.25, -0.2) is 0 Å². The molecule has 92 valence electrons. The van der Waals surface area contributed by atoms with Crippen molar-refractivity contribution in [1.82, 2.24) is 10.2 Å². The highest BCUT2D eigenvalue weighted by Crippen LogP contribution is 2.30. The molecule has 2 heterocycles. The Bertz CT molecular complexity index is 377. The summed E-state index contributed by atoms with van der Waals surface area (Å²) in [5, 5.41) is 3.35. The van der Waals surface area contributed by atoms with E-state index in [-0.39, 0.29) is 6.10 Å². The summed E-state index contributed by atoms with van der Waals surface area (Å²) in [6.45, 7) is 5.95. The normalized spacial score (nSPS) is 24.6. The second-order valence-corrected chi connectivity index (χ2v) is 4.55. The van der Waals surface area contributed by atoms with E-state index in [4.69, 9.17) is 9.47 Å². The van der Waals surface area contributed by atoms with Crippen LogP contribution in [0, 0.1) is 0 Å². The van der Waals surface area contributed by atoms with E-state index in [1.807, 2.05) is 24.3 Å². The Morgan fingerprint density at radius 2 is 1.94 bits per heavy atom. The number of benzene rings is 1. The van der Waals surface area contributed by atoms with E-state index in [1.54, 1.807) is 0 Å². The zero-order chi connectivity index (χ0) is 11.5. The summed E-state index contributed by atoms with van der Waals surface area (Å²) in [4.78, 5) is 2.43. The van der Waals surface area contributed by atoms with Gasteiger partial charge in [0, 0.05) is 32.7 Å². The van der Waals surface area contributed by atoms with Crippen LogP contribution in [0.4, 0.5) is 0 Å². The molecule has 1 N–H and O–H groups in total. The van der Waals surface area contributed by atoms with E-state index >= 15 is 0 Å². The van der Waals surface area contributed by atoms with Crippen molar-refractivity contribution < 1.29 is 9.47 Å². The number of nitrogens with zero attached hydrogens (tertiary/aromatic N) is 1. The largest absolute Gasteiger partial charge is 0.486 e. The van der Waals surface area contributed by atoms with Crippen LogP contribution in [0.15, 0.2) is 24.3 Å². The minimum atomic E-state index is 0.156. The topological polar surface area (TPSA) is 33.7 Å². The maximum absolute atomic E-state index is 5.95. The quantitative estimate of drug-likeness (QED) is 0.818. The molecule has 0 aromatic heterocycles. The Labute approximate surface area is 102 Å². The van der Waals surface area contributed by atoms with Gasteiger partial charge in [-0.3, -0.25) is 4.90 Å². The summed E-state index contributed by atoms with van der Waals surface area (Å²) in [7, 11) is 0. The molecule has 1 saturated heterocycles. The van der Waals surface area contributed by atoms with E-state index in [0.29, 0.717) is 6.61 Å². The molecule has 0 amide bonds. The van der Waals surface area contributed by atoms with Crippen LogP contribution in [-0.2, 0) is 0 Å². The number of piperazine rings is 1. The number of ether oxygens (including phenoxy) is 2. The summed E-state index contributed by atoms with van der Waals surface area (Å²) in [5.74, 6) is 1.74. The maximum atomic E-state index is 5.95. The molecule has 0 aliphatic carbocycles. The third-order valence-corrected chi connectivity index (χ3v) is 3.24. The van der Waals surface area contributed by atoms with Crippen molar-refractivity contribution >= 4 is 0 Å². The molecule has 1 fully saturated rings. The van der Waals surface area contributed by atoms with Crippen molar-refractivity contribution in [2.24, 2.45) is 0 Å². The molecular formula is C13H18N2O2. The SMILES string of the molecule is c1ccc2c(c1)OC[C@@H](CN1CCNCC1)O2. The van der Waals surface area contributed by atoms with Gasteiger partial charge >= 0.3 is 0 Å². The second kappa shape index (κ2) is 4.94. The van der Waals surface area contributed by atoms with Crippen LogP contribution in [-0.4, -0.2) is 50.3 Å². The first-order valence-electron chi connectivity index (χ1n) is 6.23. The molecule has 0 spiro atoms. The van der Waals surface area contributed by atoms with Crippen LogP contribution in [0.3, 0.4) is 0 Å². The zero-order valence-electron chi connectivity index (χ0n) is 9.89. The summed E-state index contributed by atoms with van der Waals surface area (Å²) in [6.07, 6.45) is 0.156. The Balaban J connectivity index is 1.60. The lowest BCUT2D eigenvalue weighted by Gasteiger charge is -2.33. The lowest BCUT2D eigenvalue weighted by atomic mass is 10.2. The van der Waals surface area contributed by atoms with Crippen LogP contribution in [0.1, 0.15) is 0 Å². The van der Waals surface area contributed by atoms with Gasteiger partial charge in [0.15, 0.2) is 11.5 Å². The number of rotatable bonds is 2. The van der Waals surface area contributed by atoms with Crippen molar-refractivity contribution in [3.63, 3.8) is 0 Å². The Hall–Kier alpha value is -1.26. The number of fused-ring (bicyclic) bond motifs is 1. The summed E-state index contributed by atoms with van der Waals surface area (Å²) < 4.78 is 11.7. The molecule has 4 heteroatoms. The molecule has 1 aromatic carbocycles. The number of nitrogens with one attached hydrogen (secondary N) is 1. The fourth-order valence-corrected chi connectivity index (χ4v) is 2.33. The van der Waals surface area contributed by atoms with Gasteiger partial charge in [-0.2, -0.15) is 0 Å². The standard InChI is InChI=1S/C13H18N2O2/c1-2-4-13-12(3-1)16-10-11(17-13)9-15-7-5-14-6-8-15/h1-4,11,14H,5-10H2/t11-/m1/s1. The monoisotopic (exact) mass is 234 g/mol. The molecule has 2 aliphatic rings. The molecule has 4 nitrogen and oxygen atoms in total. The van der Waals surface area contributed by atoms with E-state index < -0.39 is 0 Å². The third-order valence-electron chi connectivity index (χ3n) is 3.24. The van der Waals surface area contributed by atoms with Gasteiger partial charge in [0.25, 0.3) is 0 Å². The van der Waals surface area contributed by atoms with Gasteiger partial charge < -0.3 is 14.8 Å². The minimum Gasteiger partial charge on any atom is -0.486 e. The van der Waals surface area contributed by atoms with Crippen molar-refractivity contribution in [1.29, 1.82) is 0 Å². The molecule has 17 heavy (non-hydrogen) atoms. The van der Waals surface area contributed by atoms with E-state index in [2.05, 4.69) is 10.2 Å². The predicted molar refractivity (Wildman–Crippen MR) is 65.7 cm³/mol. The fraction of sp³-hybridized carbons (Fsp3) is 0.538. The highest BCUT2D eigenvalue weighted by Gasteiger charge is 2.23. The first-order valence-corrected chi connectivity index (χ1v) is 6.23. The zero-order valence-corrected chi connectivity index (χ0v) is 9.89. The highest BCUT2D eigenvalue weighted by atomic mass is 16.6. The first kappa shape index (κ1) is 10.9. The maximum Gasteiger partial charge on any atom is 0.161 e. The Morgan fingerprint density at radius 3 is 2.76 bits per heavy atom. The van der Waals surface area contributed by atoms with Crippen LogP contribution in [0.25, 0.3) is 0 Å². The third kappa shape index (κ3) is 2.53. The van der Waals surface area contributed by atoms with Crippen molar-refractivity contribution in [3.05, 3.63) is 24.3 Å². The molecule has 1 aromatic rings. The Kier molecular flexibility index (Phi) is 3.16. The fourth-order valence-electron chi connectivity index (χ4n) is 2.33. The molecule has 3 rings (SSSR count). The lowest BCUT2D eigenvalue weighted by molar-refractivity contribution is 0.0553. The van der Waals surface area contributed by atoms with Gasteiger partial charge in [-0.15, -0.1) is 0 Å². The van der Waals surface area contributed by atoms with Crippen molar-refractivity contribution in [2.45, 2.75) is 6.10 Å². The molecule has 0 saturated carbocycles. The van der Waals surface area contributed by atoms with Gasteiger partial charge in [-0.05, 0) is 12.1 Å². The molecular weight excluding hydrogens is 216 g/mol. The van der Waals surface area contributed by atoms with Crippen LogP contribution in [0.2, 0.25) is 0 Å². The smallest absolute Gasteiger partial charge is 0.161 e. The van der Waals surface area contributed by atoms with Gasteiger partial charge in [0.2, 0.25) is 0 Å². The molecule has 0 radical (unpaired) electrons. The average Bonchev–Trinajstić information content (AvgIpc) is 2.40. The number of hydrogen-bond donors (Lipinski definition) is 1.